The molecular weight excluding hydrogens is 460 g/mol. The molecule has 1 amide bonds. The molecule has 1 aliphatic heterocycles. The molecule has 3 rings (SSSR count). The van der Waals surface area contributed by atoms with Gasteiger partial charge in [0.05, 0.1) is 16.7 Å². The first kappa shape index (κ1) is 25.5. The van der Waals surface area contributed by atoms with Crippen LogP contribution in [0.4, 0.5) is 5.69 Å². The number of aliphatic hydroxyl groups excluding tert-OH is 1. The number of carbonyl (C=O) groups is 3. The van der Waals surface area contributed by atoms with E-state index in [1.54, 1.807) is 37.3 Å². The van der Waals surface area contributed by atoms with Gasteiger partial charge in [0.1, 0.15) is 6.04 Å². The summed E-state index contributed by atoms with van der Waals surface area (Å²) in [6.45, 7) is 6.08. The Kier molecular flexibility index (Phi) is 7.54. The van der Waals surface area contributed by atoms with Crippen LogP contribution in [0.25, 0.3) is 0 Å². The van der Waals surface area contributed by atoms with Gasteiger partial charge in [-0.1, -0.05) is 18.2 Å². The molecule has 2 unspecified atom stereocenters. The third-order valence-corrected chi connectivity index (χ3v) is 7.69. The molecule has 0 bridgehead atoms. The van der Waals surface area contributed by atoms with E-state index in [1.807, 2.05) is 6.92 Å². The molecule has 2 aromatic rings. The number of ether oxygens (including phenoxy) is 1. The fourth-order valence-electron chi connectivity index (χ4n) is 3.71. The Morgan fingerprint density at radius 3 is 2.44 bits per heavy atom. The van der Waals surface area contributed by atoms with Crippen molar-refractivity contribution in [3.8, 4) is 0 Å². The van der Waals surface area contributed by atoms with E-state index in [-0.39, 0.29) is 29.3 Å². The lowest BCUT2D eigenvalue weighted by atomic mass is 10.1. The molecule has 1 aliphatic rings. The lowest BCUT2D eigenvalue weighted by Gasteiger charge is -2.24. The first-order valence-corrected chi connectivity index (χ1v) is 12.2. The van der Waals surface area contributed by atoms with E-state index in [1.165, 1.54) is 26.0 Å². The number of hydrogen-bond donors (Lipinski definition) is 2. The second kappa shape index (κ2) is 10.0. The van der Waals surface area contributed by atoms with Gasteiger partial charge in [-0.2, -0.15) is 4.31 Å². The van der Waals surface area contributed by atoms with Gasteiger partial charge < -0.3 is 15.2 Å². The fraction of sp³-hybridized carbons (Fsp3) is 0.375. The van der Waals surface area contributed by atoms with E-state index < -0.39 is 40.1 Å². The number of esters is 1. The highest BCUT2D eigenvalue weighted by Gasteiger charge is 2.45. The van der Waals surface area contributed by atoms with Gasteiger partial charge >= 0.3 is 5.97 Å². The predicted octanol–water partition coefficient (Wildman–Crippen LogP) is 2.20. The molecule has 0 saturated carbocycles. The predicted molar refractivity (Wildman–Crippen MR) is 125 cm³/mol. The van der Waals surface area contributed by atoms with Crippen LogP contribution in [0, 0.1) is 13.8 Å². The second-order valence-corrected chi connectivity index (χ2v) is 10.3. The SMILES string of the molecule is CC(=O)c1ccccc1NC(=O)C(C)OC(=O)[C@@H]1CC(O)CN1S(=O)(=O)c1ccc(C)c(C)c1. The van der Waals surface area contributed by atoms with Gasteiger partial charge in [-0.15, -0.1) is 0 Å². The number of rotatable bonds is 7. The molecule has 2 N–H and O–H groups in total. The number of nitrogens with one attached hydrogen (secondary N) is 1. The Bertz CT molecular complexity index is 1230. The number of aliphatic hydroxyl groups is 1. The zero-order valence-electron chi connectivity index (χ0n) is 19.4. The third kappa shape index (κ3) is 5.35. The average molecular weight is 489 g/mol. The Morgan fingerprint density at radius 2 is 1.79 bits per heavy atom. The Hall–Kier alpha value is -3.08. The maximum atomic E-state index is 13.2. The molecule has 0 spiro atoms. The van der Waals surface area contributed by atoms with Crippen molar-refractivity contribution in [2.24, 2.45) is 0 Å². The Morgan fingerprint density at radius 1 is 1.12 bits per heavy atom. The third-order valence-electron chi connectivity index (χ3n) is 5.82. The lowest BCUT2D eigenvalue weighted by Crippen LogP contribution is -2.43. The van der Waals surface area contributed by atoms with Crippen LogP contribution in [0.5, 0.6) is 0 Å². The number of carbonyl (C=O) groups excluding carboxylic acids is 3. The number of sulfonamides is 1. The first-order valence-electron chi connectivity index (χ1n) is 10.8. The number of anilines is 1. The number of β-amino-alcohol motifs (C(OH)–C–C–N with tert-alkyl or cyclic N) is 1. The van der Waals surface area contributed by atoms with Crippen LogP contribution in [-0.4, -0.2) is 60.3 Å². The van der Waals surface area contributed by atoms with Crippen LogP contribution in [-0.2, 0) is 24.3 Å². The van der Waals surface area contributed by atoms with E-state index in [9.17, 15) is 27.9 Å². The Labute approximate surface area is 198 Å². The molecule has 0 radical (unpaired) electrons. The molecular formula is C24H28N2O7S. The molecule has 3 atom stereocenters. The normalized spacial score (nSPS) is 19.4. The minimum Gasteiger partial charge on any atom is -0.451 e. The lowest BCUT2D eigenvalue weighted by molar-refractivity contribution is -0.156. The minimum absolute atomic E-state index is 0.00845. The molecule has 1 fully saturated rings. The largest absolute Gasteiger partial charge is 0.451 e. The molecule has 182 valence electrons. The number of ketones is 1. The van der Waals surface area contributed by atoms with E-state index in [2.05, 4.69) is 5.32 Å². The standard InChI is InChI=1S/C24H28N2O7S/c1-14-9-10-19(11-15(14)2)34(31,32)26-13-18(28)12-22(26)24(30)33-17(4)23(29)25-21-8-6-5-7-20(21)16(3)27/h5-11,17-18,22,28H,12-13H2,1-4H3,(H,25,29)/t17?,18?,22-/m0/s1. The summed E-state index contributed by atoms with van der Waals surface area (Å²) in [4.78, 5) is 37.2. The number of Topliss-reactive ketones (excluding diaryl/α,β-unsaturated/α-hetero) is 1. The van der Waals surface area contributed by atoms with Crippen molar-refractivity contribution in [3.05, 3.63) is 59.2 Å². The molecule has 34 heavy (non-hydrogen) atoms. The van der Waals surface area contributed by atoms with Gasteiger partial charge in [0.25, 0.3) is 5.91 Å². The summed E-state index contributed by atoms with van der Waals surface area (Å²) >= 11 is 0. The van der Waals surface area contributed by atoms with Crippen molar-refractivity contribution in [1.29, 1.82) is 0 Å². The van der Waals surface area contributed by atoms with Crippen molar-refractivity contribution in [2.75, 3.05) is 11.9 Å². The quantitative estimate of drug-likeness (QED) is 0.451. The molecule has 9 nitrogen and oxygen atoms in total. The second-order valence-electron chi connectivity index (χ2n) is 8.40. The summed E-state index contributed by atoms with van der Waals surface area (Å²) < 4.78 is 32.6. The van der Waals surface area contributed by atoms with Crippen LogP contribution in [0.15, 0.2) is 47.4 Å². The van der Waals surface area contributed by atoms with Crippen LogP contribution in [0.1, 0.15) is 41.8 Å². The van der Waals surface area contributed by atoms with Crippen molar-refractivity contribution in [2.45, 2.75) is 57.3 Å². The smallest absolute Gasteiger partial charge is 0.325 e. The monoisotopic (exact) mass is 488 g/mol. The van der Waals surface area contributed by atoms with Gasteiger partial charge in [-0.25, -0.2) is 8.42 Å². The van der Waals surface area contributed by atoms with Crippen molar-refractivity contribution in [3.63, 3.8) is 0 Å². The number of amides is 1. The van der Waals surface area contributed by atoms with E-state index >= 15 is 0 Å². The summed E-state index contributed by atoms with van der Waals surface area (Å²) in [5, 5.41) is 12.7. The molecule has 10 heteroatoms. The maximum absolute atomic E-state index is 13.2. The van der Waals surface area contributed by atoms with Crippen LogP contribution < -0.4 is 5.32 Å². The summed E-state index contributed by atoms with van der Waals surface area (Å²) in [6, 6.07) is 9.78. The summed E-state index contributed by atoms with van der Waals surface area (Å²) in [7, 11) is -4.09. The highest BCUT2D eigenvalue weighted by molar-refractivity contribution is 7.89. The average Bonchev–Trinajstić information content (AvgIpc) is 3.18. The van der Waals surface area contributed by atoms with E-state index in [0.29, 0.717) is 5.56 Å². The van der Waals surface area contributed by atoms with Gasteiger partial charge in [-0.3, -0.25) is 14.4 Å². The topological polar surface area (TPSA) is 130 Å². The molecule has 0 aliphatic carbocycles. The van der Waals surface area contributed by atoms with Gasteiger partial charge in [0, 0.05) is 18.5 Å². The highest BCUT2D eigenvalue weighted by atomic mass is 32.2. The summed E-state index contributed by atoms with van der Waals surface area (Å²) in [5.74, 6) is -1.86. The highest BCUT2D eigenvalue weighted by Crippen LogP contribution is 2.28. The van der Waals surface area contributed by atoms with Gasteiger partial charge in [0.15, 0.2) is 11.9 Å². The number of hydrogen-bond acceptors (Lipinski definition) is 7. The van der Waals surface area contributed by atoms with Crippen molar-refractivity contribution < 1.29 is 32.6 Å². The summed E-state index contributed by atoms with van der Waals surface area (Å²) in [6.07, 6.45) is -2.47. The van der Waals surface area contributed by atoms with Crippen molar-refractivity contribution in [1.82, 2.24) is 4.31 Å². The number of aryl methyl sites for hydroxylation is 2. The van der Waals surface area contributed by atoms with E-state index in [0.717, 1.165) is 15.4 Å². The zero-order valence-corrected chi connectivity index (χ0v) is 20.3. The minimum atomic E-state index is -4.09. The Balaban J connectivity index is 1.75. The van der Waals surface area contributed by atoms with Crippen LogP contribution >= 0.6 is 0 Å². The number of para-hydroxylation sites is 1. The van der Waals surface area contributed by atoms with E-state index in [4.69, 9.17) is 4.74 Å². The zero-order chi connectivity index (χ0) is 25.2. The number of benzene rings is 2. The van der Waals surface area contributed by atoms with Gasteiger partial charge in [-0.05, 0) is 63.1 Å². The van der Waals surface area contributed by atoms with Crippen molar-refractivity contribution >= 4 is 33.4 Å². The molecule has 1 heterocycles. The fourth-order valence-corrected chi connectivity index (χ4v) is 5.43. The summed E-state index contributed by atoms with van der Waals surface area (Å²) in [5.41, 5.74) is 2.27. The molecule has 1 saturated heterocycles. The number of nitrogens with zero attached hydrogens (tertiary/aromatic N) is 1. The van der Waals surface area contributed by atoms with Gasteiger partial charge in [0.2, 0.25) is 10.0 Å². The molecule has 0 aromatic heterocycles. The maximum Gasteiger partial charge on any atom is 0.325 e. The first-order chi connectivity index (χ1) is 15.9. The molecule has 2 aromatic carbocycles. The van der Waals surface area contributed by atoms with Crippen LogP contribution in [0.2, 0.25) is 0 Å². The van der Waals surface area contributed by atoms with Crippen LogP contribution in [0.3, 0.4) is 0 Å².